The molecule has 24 heavy (non-hydrogen) atoms. The first-order valence-corrected chi connectivity index (χ1v) is 8.27. The Hall–Kier alpha value is -2.01. The molecule has 0 atom stereocenters. The van der Waals surface area contributed by atoms with Gasteiger partial charge < -0.3 is 14.1 Å². The zero-order valence-corrected chi connectivity index (χ0v) is 15.3. The van der Waals surface area contributed by atoms with Crippen molar-refractivity contribution in [3.63, 3.8) is 0 Å². The number of para-hydroxylation sites is 1. The number of benzene rings is 1. The van der Waals surface area contributed by atoms with Gasteiger partial charge in [0.15, 0.2) is 12.2 Å². The molecule has 0 spiro atoms. The Bertz CT molecular complexity index is 756. The third-order valence-electron chi connectivity index (χ3n) is 3.83. The lowest BCUT2D eigenvalue weighted by Gasteiger charge is -2.30. The van der Waals surface area contributed by atoms with Gasteiger partial charge in [0.2, 0.25) is 5.76 Å². The molecule has 1 aromatic heterocycles. The number of amides is 1. The van der Waals surface area contributed by atoms with E-state index in [1.807, 2.05) is 33.8 Å². The van der Waals surface area contributed by atoms with Crippen LogP contribution >= 0.6 is 11.6 Å². The van der Waals surface area contributed by atoms with Crippen LogP contribution in [0.3, 0.4) is 0 Å². The molecular weight excluding hydrogens is 330 g/mol. The molecule has 130 valence electrons. The zero-order chi connectivity index (χ0) is 18.0. The number of hydrogen-bond donors (Lipinski definition) is 0. The van der Waals surface area contributed by atoms with Gasteiger partial charge in [-0.05, 0) is 40.7 Å². The molecule has 0 saturated heterocycles. The number of hydrogen-bond acceptors (Lipinski definition) is 4. The Morgan fingerprint density at radius 3 is 2.38 bits per heavy atom. The molecule has 0 aliphatic rings. The Labute approximate surface area is 146 Å². The minimum Gasteiger partial charge on any atom is -0.450 e. The number of furan rings is 1. The van der Waals surface area contributed by atoms with Gasteiger partial charge in [-0.2, -0.15) is 0 Å². The van der Waals surface area contributed by atoms with Crippen LogP contribution in [0.4, 0.5) is 0 Å². The summed E-state index contributed by atoms with van der Waals surface area (Å²) in [6.45, 7) is 9.13. The molecule has 5 nitrogen and oxygen atoms in total. The summed E-state index contributed by atoms with van der Waals surface area (Å²) < 4.78 is 10.7. The van der Waals surface area contributed by atoms with Gasteiger partial charge in [-0.1, -0.05) is 23.7 Å². The van der Waals surface area contributed by atoms with Crippen LogP contribution in [0.2, 0.25) is 5.02 Å². The third kappa shape index (κ3) is 3.56. The molecule has 0 N–H and O–H groups in total. The molecule has 2 rings (SSSR count). The summed E-state index contributed by atoms with van der Waals surface area (Å²) in [6, 6.07) is 5.36. The summed E-state index contributed by atoms with van der Waals surface area (Å²) in [5.41, 5.74) is 1.09. The first kappa shape index (κ1) is 18.3. The van der Waals surface area contributed by atoms with E-state index in [4.69, 9.17) is 20.8 Å². The van der Waals surface area contributed by atoms with Crippen molar-refractivity contribution in [1.29, 1.82) is 0 Å². The van der Waals surface area contributed by atoms with Crippen LogP contribution in [0.15, 0.2) is 22.6 Å². The lowest BCUT2D eigenvalue weighted by Crippen LogP contribution is -2.44. The quantitative estimate of drug-likeness (QED) is 0.757. The van der Waals surface area contributed by atoms with E-state index in [1.54, 1.807) is 24.0 Å². The standard InChI is InChI=1S/C18H22ClNO4/c1-10(2)20(11(3)4)15(21)9-23-18(22)16-12(5)13-7-6-8-14(19)17(13)24-16/h6-8,10-11H,9H2,1-5H3. The van der Waals surface area contributed by atoms with E-state index in [1.165, 1.54) is 0 Å². The molecule has 0 saturated carbocycles. The number of aryl methyl sites for hydroxylation is 1. The number of ether oxygens (including phenoxy) is 1. The van der Waals surface area contributed by atoms with Gasteiger partial charge in [-0.3, -0.25) is 4.79 Å². The molecule has 0 bridgehead atoms. The second kappa shape index (κ2) is 7.26. The summed E-state index contributed by atoms with van der Waals surface area (Å²) >= 11 is 6.08. The second-order valence-corrected chi connectivity index (χ2v) is 6.64. The summed E-state index contributed by atoms with van der Waals surface area (Å²) in [5.74, 6) is -0.827. The molecule has 1 heterocycles. The van der Waals surface area contributed by atoms with Gasteiger partial charge >= 0.3 is 5.97 Å². The molecule has 0 unspecified atom stereocenters. The van der Waals surface area contributed by atoms with Crippen molar-refractivity contribution in [2.45, 2.75) is 46.7 Å². The Morgan fingerprint density at radius 2 is 1.83 bits per heavy atom. The molecule has 0 aliphatic carbocycles. The number of rotatable bonds is 5. The molecule has 0 radical (unpaired) electrons. The highest BCUT2D eigenvalue weighted by Gasteiger charge is 2.24. The van der Waals surface area contributed by atoms with E-state index in [9.17, 15) is 9.59 Å². The van der Waals surface area contributed by atoms with E-state index < -0.39 is 5.97 Å². The molecular formula is C18H22ClNO4. The number of halogens is 1. The van der Waals surface area contributed by atoms with Crippen LogP contribution in [-0.4, -0.2) is 35.5 Å². The molecule has 1 aromatic carbocycles. The average molecular weight is 352 g/mol. The summed E-state index contributed by atoms with van der Waals surface area (Å²) in [5, 5.41) is 1.18. The van der Waals surface area contributed by atoms with Gasteiger partial charge in [-0.25, -0.2) is 4.79 Å². The second-order valence-electron chi connectivity index (χ2n) is 6.24. The maximum Gasteiger partial charge on any atom is 0.375 e. The van der Waals surface area contributed by atoms with Crippen molar-refractivity contribution in [2.24, 2.45) is 0 Å². The molecule has 6 heteroatoms. The number of esters is 1. The van der Waals surface area contributed by atoms with E-state index >= 15 is 0 Å². The van der Waals surface area contributed by atoms with Gasteiger partial charge in [0.25, 0.3) is 5.91 Å². The van der Waals surface area contributed by atoms with Crippen molar-refractivity contribution >= 4 is 34.4 Å². The minimum atomic E-state index is -0.666. The van der Waals surface area contributed by atoms with Crippen LogP contribution < -0.4 is 0 Å². The Morgan fingerprint density at radius 1 is 1.21 bits per heavy atom. The summed E-state index contributed by atoms with van der Waals surface area (Å²) in [7, 11) is 0. The summed E-state index contributed by atoms with van der Waals surface area (Å²) in [6.07, 6.45) is 0. The van der Waals surface area contributed by atoms with Crippen molar-refractivity contribution in [3.8, 4) is 0 Å². The van der Waals surface area contributed by atoms with Gasteiger partial charge in [0, 0.05) is 23.0 Å². The fourth-order valence-electron chi connectivity index (χ4n) is 2.84. The van der Waals surface area contributed by atoms with Crippen LogP contribution in [0.25, 0.3) is 11.0 Å². The number of fused-ring (bicyclic) bond motifs is 1. The van der Waals surface area contributed by atoms with Gasteiger partial charge in [-0.15, -0.1) is 0 Å². The first-order chi connectivity index (χ1) is 11.2. The molecule has 0 fully saturated rings. The maximum absolute atomic E-state index is 12.3. The number of nitrogens with zero attached hydrogens (tertiary/aromatic N) is 1. The first-order valence-electron chi connectivity index (χ1n) is 7.90. The number of carbonyl (C=O) groups is 2. The van der Waals surface area contributed by atoms with Crippen molar-refractivity contribution < 1.29 is 18.7 Å². The van der Waals surface area contributed by atoms with Gasteiger partial charge in [0.05, 0.1) is 5.02 Å². The fourth-order valence-corrected chi connectivity index (χ4v) is 3.06. The molecule has 0 aliphatic heterocycles. The van der Waals surface area contributed by atoms with E-state index in [0.29, 0.717) is 16.2 Å². The predicted octanol–water partition coefficient (Wildman–Crippen LogP) is 4.20. The van der Waals surface area contributed by atoms with Crippen molar-refractivity contribution in [3.05, 3.63) is 34.5 Å². The Kier molecular flexibility index (Phi) is 5.54. The largest absolute Gasteiger partial charge is 0.450 e. The smallest absolute Gasteiger partial charge is 0.375 e. The predicted molar refractivity (Wildman–Crippen MR) is 93.4 cm³/mol. The van der Waals surface area contributed by atoms with Crippen LogP contribution in [0.1, 0.15) is 43.8 Å². The highest BCUT2D eigenvalue weighted by atomic mass is 35.5. The molecule has 1 amide bonds. The average Bonchev–Trinajstić information content (AvgIpc) is 2.83. The highest BCUT2D eigenvalue weighted by molar-refractivity contribution is 6.35. The van der Waals surface area contributed by atoms with Gasteiger partial charge in [0.1, 0.15) is 0 Å². The van der Waals surface area contributed by atoms with E-state index in [0.717, 1.165) is 5.39 Å². The lowest BCUT2D eigenvalue weighted by atomic mass is 10.1. The summed E-state index contributed by atoms with van der Waals surface area (Å²) in [4.78, 5) is 26.2. The van der Waals surface area contributed by atoms with Crippen LogP contribution in [0, 0.1) is 6.92 Å². The van der Waals surface area contributed by atoms with Crippen LogP contribution in [0.5, 0.6) is 0 Å². The molecule has 2 aromatic rings. The van der Waals surface area contributed by atoms with Crippen molar-refractivity contribution in [2.75, 3.05) is 6.61 Å². The highest BCUT2D eigenvalue weighted by Crippen LogP contribution is 2.31. The Balaban J connectivity index is 2.15. The monoisotopic (exact) mass is 351 g/mol. The minimum absolute atomic E-state index is 0.0305. The SMILES string of the molecule is Cc1c(C(=O)OCC(=O)N(C(C)C)C(C)C)oc2c(Cl)cccc12. The van der Waals surface area contributed by atoms with E-state index in [2.05, 4.69) is 0 Å². The lowest BCUT2D eigenvalue weighted by molar-refractivity contribution is -0.138. The normalized spacial score (nSPS) is 11.3. The fraction of sp³-hybridized carbons (Fsp3) is 0.444. The van der Waals surface area contributed by atoms with Crippen molar-refractivity contribution in [1.82, 2.24) is 4.90 Å². The maximum atomic E-state index is 12.3. The third-order valence-corrected chi connectivity index (χ3v) is 4.13. The number of carbonyl (C=O) groups excluding carboxylic acids is 2. The van der Waals surface area contributed by atoms with E-state index in [-0.39, 0.29) is 30.4 Å². The van der Waals surface area contributed by atoms with Crippen LogP contribution in [-0.2, 0) is 9.53 Å². The topological polar surface area (TPSA) is 59.8 Å². The zero-order valence-electron chi connectivity index (χ0n) is 14.6.